The third kappa shape index (κ3) is 2.85. The Morgan fingerprint density at radius 1 is 1.35 bits per heavy atom. The van der Waals surface area contributed by atoms with Crippen molar-refractivity contribution in [2.45, 2.75) is 6.54 Å². The van der Waals surface area contributed by atoms with Gasteiger partial charge in [-0.2, -0.15) is 5.10 Å². The lowest BCUT2D eigenvalue weighted by molar-refractivity contribution is 0.0595. The van der Waals surface area contributed by atoms with E-state index in [9.17, 15) is 9.18 Å². The predicted octanol–water partition coefficient (Wildman–Crippen LogP) is 3.25. The van der Waals surface area contributed by atoms with Gasteiger partial charge in [-0.05, 0) is 35.9 Å². The Morgan fingerprint density at radius 2 is 2.13 bits per heavy atom. The van der Waals surface area contributed by atoms with Gasteiger partial charge in [-0.25, -0.2) is 9.18 Å². The summed E-state index contributed by atoms with van der Waals surface area (Å²) in [5.41, 5.74) is 7.91. The zero-order chi connectivity index (χ0) is 16.6. The average molecular weight is 334 g/mol. The summed E-state index contributed by atoms with van der Waals surface area (Å²) in [6.45, 7) is 0.274. The van der Waals surface area contributed by atoms with Crippen molar-refractivity contribution in [3.63, 3.8) is 0 Å². The molecule has 0 saturated heterocycles. The highest BCUT2D eigenvalue weighted by Gasteiger charge is 2.18. The van der Waals surface area contributed by atoms with Gasteiger partial charge in [0.1, 0.15) is 5.82 Å². The number of nitrogens with two attached hydrogens (primary N) is 1. The van der Waals surface area contributed by atoms with Crippen LogP contribution in [0.5, 0.6) is 0 Å². The van der Waals surface area contributed by atoms with Crippen LogP contribution >= 0.6 is 11.6 Å². The van der Waals surface area contributed by atoms with Crippen LogP contribution in [-0.2, 0) is 11.3 Å². The van der Waals surface area contributed by atoms with Gasteiger partial charge in [-0.1, -0.05) is 17.7 Å². The van der Waals surface area contributed by atoms with Crippen LogP contribution < -0.4 is 5.73 Å². The summed E-state index contributed by atoms with van der Waals surface area (Å²) in [4.78, 5) is 11.9. The lowest BCUT2D eigenvalue weighted by atomic mass is 10.2. The first-order valence-electron chi connectivity index (χ1n) is 6.78. The average Bonchev–Trinajstić information content (AvgIpc) is 2.87. The minimum atomic E-state index is -0.538. The Kier molecular flexibility index (Phi) is 3.92. The van der Waals surface area contributed by atoms with Crippen molar-refractivity contribution >= 4 is 34.2 Å². The second-order valence-electron chi connectivity index (χ2n) is 5.01. The fraction of sp³-hybridized carbons (Fsp3) is 0.125. The van der Waals surface area contributed by atoms with E-state index >= 15 is 0 Å². The van der Waals surface area contributed by atoms with Crippen LogP contribution in [0, 0.1) is 5.82 Å². The zero-order valence-electron chi connectivity index (χ0n) is 12.2. The SMILES string of the molecule is COC(=O)c1nn(Cc2ccc(F)cc2Cl)c2cc(N)ccc12. The molecule has 0 bridgehead atoms. The molecule has 0 unspecified atom stereocenters. The third-order valence-electron chi connectivity index (χ3n) is 3.49. The molecule has 0 spiro atoms. The monoisotopic (exact) mass is 333 g/mol. The summed E-state index contributed by atoms with van der Waals surface area (Å²) >= 11 is 6.06. The second-order valence-corrected chi connectivity index (χ2v) is 5.42. The van der Waals surface area contributed by atoms with E-state index in [1.807, 2.05) is 0 Å². The number of hydrogen-bond acceptors (Lipinski definition) is 4. The van der Waals surface area contributed by atoms with Gasteiger partial charge >= 0.3 is 5.97 Å². The molecule has 0 fully saturated rings. The van der Waals surface area contributed by atoms with Crippen LogP contribution in [-0.4, -0.2) is 22.9 Å². The fourth-order valence-corrected chi connectivity index (χ4v) is 2.60. The second kappa shape index (κ2) is 5.89. The van der Waals surface area contributed by atoms with E-state index in [-0.39, 0.29) is 17.3 Å². The Labute approximate surface area is 136 Å². The molecule has 5 nitrogen and oxygen atoms in total. The van der Waals surface area contributed by atoms with Crippen molar-refractivity contribution in [3.05, 3.63) is 58.5 Å². The normalized spacial score (nSPS) is 10.9. The Balaban J connectivity index is 2.13. The number of esters is 1. The molecule has 0 aliphatic carbocycles. The molecule has 7 heteroatoms. The Bertz CT molecular complexity index is 908. The standard InChI is InChI=1S/C16H13ClFN3O2/c1-23-16(22)15-12-5-4-11(19)7-14(12)21(20-15)8-9-2-3-10(18)6-13(9)17/h2-7H,8,19H2,1H3. The van der Waals surface area contributed by atoms with Crippen molar-refractivity contribution in [3.8, 4) is 0 Å². The molecular weight excluding hydrogens is 321 g/mol. The van der Waals surface area contributed by atoms with Gasteiger partial charge in [-0.3, -0.25) is 4.68 Å². The summed E-state index contributed by atoms with van der Waals surface area (Å²) in [6.07, 6.45) is 0. The molecule has 0 aliphatic rings. The number of nitrogen functional groups attached to an aromatic ring is 1. The van der Waals surface area contributed by atoms with Crippen molar-refractivity contribution in [1.82, 2.24) is 9.78 Å². The predicted molar refractivity (Wildman–Crippen MR) is 86.0 cm³/mol. The zero-order valence-corrected chi connectivity index (χ0v) is 13.0. The van der Waals surface area contributed by atoms with Crippen molar-refractivity contribution in [2.75, 3.05) is 12.8 Å². The van der Waals surface area contributed by atoms with E-state index in [1.165, 1.54) is 19.2 Å². The summed E-state index contributed by atoms with van der Waals surface area (Å²) in [5.74, 6) is -0.952. The number of anilines is 1. The Morgan fingerprint density at radius 3 is 2.83 bits per heavy atom. The fourth-order valence-electron chi connectivity index (χ4n) is 2.37. The van der Waals surface area contributed by atoms with Gasteiger partial charge in [0, 0.05) is 16.1 Å². The minimum absolute atomic E-state index is 0.195. The van der Waals surface area contributed by atoms with Gasteiger partial charge in [0.05, 0.1) is 19.2 Å². The maximum atomic E-state index is 13.2. The van der Waals surface area contributed by atoms with E-state index in [1.54, 1.807) is 28.9 Å². The van der Waals surface area contributed by atoms with Crippen LogP contribution in [0.15, 0.2) is 36.4 Å². The van der Waals surface area contributed by atoms with Gasteiger partial charge in [0.2, 0.25) is 0 Å². The molecule has 0 amide bonds. The van der Waals surface area contributed by atoms with Crippen LogP contribution in [0.25, 0.3) is 10.9 Å². The lowest BCUT2D eigenvalue weighted by Gasteiger charge is -2.06. The van der Waals surface area contributed by atoms with Gasteiger partial charge in [0.15, 0.2) is 5.69 Å². The number of halogens is 2. The minimum Gasteiger partial charge on any atom is -0.464 e. The summed E-state index contributed by atoms with van der Waals surface area (Å²) < 4.78 is 19.5. The lowest BCUT2D eigenvalue weighted by Crippen LogP contribution is -2.06. The number of nitrogens with zero attached hydrogens (tertiary/aromatic N) is 2. The van der Waals surface area contributed by atoms with Crippen LogP contribution in [0.2, 0.25) is 5.02 Å². The molecule has 0 atom stereocenters. The quantitative estimate of drug-likeness (QED) is 0.590. The maximum absolute atomic E-state index is 13.2. The molecule has 23 heavy (non-hydrogen) atoms. The van der Waals surface area contributed by atoms with E-state index < -0.39 is 11.8 Å². The highest BCUT2D eigenvalue weighted by atomic mass is 35.5. The van der Waals surface area contributed by atoms with Crippen molar-refractivity contribution in [2.24, 2.45) is 0 Å². The number of rotatable bonds is 3. The number of aromatic nitrogens is 2. The van der Waals surface area contributed by atoms with Crippen LogP contribution in [0.4, 0.5) is 10.1 Å². The number of hydrogen-bond donors (Lipinski definition) is 1. The number of ether oxygens (including phenoxy) is 1. The third-order valence-corrected chi connectivity index (χ3v) is 3.84. The van der Waals surface area contributed by atoms with E-state index in [0.29, 0.717) is 22.2 Å². The highest BCUT2D eigenvalue weighted by Crippen LogP contribution is 2.25. The van der Waals surface area contributed by atoms with E-state index in [2.05, 4.69) is 5.10 Å². The van der Waals surface area contributed by atoms with Gasteiger partial charge < -0.3 is 10.5 Å². The molecule has 118 valence electrons. The van der Waals surface area contributed by atoms with Crippen LogP contribution in [0.1, 0.15) is 16.1 Å². The molecule has 2 N–H and O–H groups in total. The van der Waals surface area contributed by atoms with Gasteiger partial charge in [0.25, 0.3) is 0 Å². The maximum Gasteiger partial charge on any atom is 0.359 e. The number of benzene rings is 2. The first kappa shape index (κ1) is 15.3. The van der Waals surface area contributed by atoms with E-state index in [0.717, 1.165) is 0 Å². The molecule has 2 aromatic carbocycles. The largest absolute Gasteiger partial charge is 0.464 e. The summed E-state index contributed by atoms with van der Waals surface area (Å²) in [5, 5.41) is 5.21. The molecule has 3 aromatic rings. The molecule has 3 rings (SSSR count). The number of fused-ring (bicyclic) bond motifs is 1. The van der Waals surface area contributed by atoms with Crippen LogP contribution in [0.3, 0.4) is 0 Å². The molecule has 1 heterocycles. The first-order chi connectivity index (χ1) is 11.0. The summed E-state index contributed by atoms with van der Waals surface area (Å²) in [6, 6.07) is 9.25. The number of carbonyl (C=O) groups excluding carboxylic acids is 1. The van der Waals surface area contributed by atoms with Crippen molar-refractivity contribution < 1.29 is 13.9 Å². The summed E-state index contributed by atoms with van der Waals surface area (Å²) in [7, 11) is 1.29. The Hall–Kier alpha value is -2.60. The number of carbonyl (C=O) groups is 1. The smallest absolute Gasteiger partial charge is 0.359 e. The molecule has 0 saturated carbocycles. The van der Waals surface area contributed by atoms with Crippen molar-refractivity contribution in [1.29, 1.82) is 0 Å². The van der Waals surface area contributed by atoms with E-state index in [4.69, 9.17) is 22.1 Å². The first-order valence-corrected chi connectivity index (χ1v) is 7.15. The molecule has 1 aromatic heterocycles. The molecule has 0 radical (unpaired) electrons. The molecule has 0 aliphatic heterocycles. The topological polar surface area (TPSA) is 70.1 Å². The van der Waals surface area contributed by atoms with Gasteiger partial charge in [-0.15, -0.1) is 0 Å². The molecular formula is C16H13ClFN3O2. The number of methoxy groups -OCH3 is 1. The highest BCUT2D eigenvalue weighted by molar-refractivity contribution is 6.31.